The fourth-order valence-corrected chi connectivity index (χ4v) is 0.742. The van der Waals surface area contributed by atoms with Crippen molar-refractivity contribution in [3.05, 3.63) is 0 Å². The van der Waals surface area contributed by atoms with Crippen LogP contribution in [0.15, 0.2) is 0 Å². The molecule has 0 aromatic rings. The SMILES string of the molecule is CCC(F)(F)C(F)(F)[C@@H](F)CCF. The molecule has 0 fully saturated rings. The molecule has 0 heterocycles. The van der Waals surface area contributed by atoms with Gasteiger partial charge in [0.15, 0.2) is 6.17 Å². The largest absolute Gasteiger partial charge is 0.340 e. The number of halogens is 6. The Bertz CT molecular complexity index is 155. The van der Waals surface area contributed by atoms with E-state index in [0.717, 1.165) is 6.92 Å². The second-order valence-corrected chi connectivity index (χ2v) is 2.63. The lowest BCUT2D eigenvalue weighted by Crippen LogP contribution is -2.47. The summed E-state index contributed by atoms with van der Waals surface area (Å²) in [6, 6.07) is 0. The maximum Gasteiger partial charge on any atom is 0.340 e. The summed E-state index contributed by atoms with van der Waals surface area (Å²) < 4.78 is 73.6. The summed E-state index contributed by atoms with van der Waals surface area (Å²) in [7, 11) is 0. The zero-order chi connectivity index (χ0) is 10.7. The fraction of sp³-hybridized carbons (Fsp3) is 1.00. The molecule has 0 aliphatic rings. The van der Waals surface area contributed by atoms with Crippen LogP contribution in [0.4, 0.5) is 26.3 Å². The van der Waals surface area contributed by atoms with Crippen molar-refractivity contribution in [2.45, 2.75) is 37.8 Å². The standard InChI is InChI=1S/C7H10F6/c1-2-6(10,11)7(12,13)5(9)3-4-8/h5H,2-4H2,1H3/t5-/m0/s1. The fourth-order valence-electron chi connectivity index (χ4n) is 0.742. The highest BCUT2D eigenvalue weighted by atomic mass is 19.3. The van der Waals surface area contributed by atoms with Crippen LogP contribution in [0, 0.1) is 0 Å². The molecule has 0 saturated heterocycles. The summed E-state index contributed by atoms with van der Waals surface area (Å²) in [6.07, 6.45) is -5.51. The number of hydrogen-bond acceptors (Lipinski definition) is 0. The molecule has 0 radical (unpaired) electrons. The summed E-state index contributed by atoms with van der Waals surface area (Å²) >= 11 is 0. The molecule has 0 spiro atoms. The van der Waals surface area contributed by atoms with Gasteiger partial charge in [-0.05, 0) is 0 Å². The maximum atomic E-state index is 12.5. The molecule has 0 unspecified atom stereocenters. The highest BCUT2D eigenvalue weighted by Gasteiger charge is 2.60. The van der Waals surface area contributed by atoms with Gasteiger partial charge in [-0.3, -0.25) is 4.39 Å². The smallest absolute Gasteiger partial charge is 0.251 e. The van der Waals surface area contributed by atoms with Crippen LogP contribution in [0.2, 0.25) is 0 Å². The first-order chi connectivity index (χ1) is 5.79. The normalized spacial score (nSPS) is 15.9. The molecule has 0 aliphatic carbocycles. The molecule has 1 atom stereocenters. The van der Waals surface area contributed by atoms with E-state index in [1.165, 1.54) is 0 Å². The van der Waals surface area contributed by atoms with Gasteiger partial charge in [-0.25, -0.2) is 4.39 Å². The van der Waals surface area contributed by atoms with Crippen molar-refractivity contribution in [2.24, 2.45) is 0 Å². The minimum Gasteiger partial charge on any atom is -0.251 e. The summed E-state index contributed by atoms with van der Waals surface area (Å²) in [6.45, 7) is -0.563. The Morgan fingerprint density at radius 2 is 1.62 bits per heavy atom. The first kappa shape index (κ1) is 12.6. The monoisotopic (exact) mass is 208 g/mol. The predicted molar refractivity (Wildman–Crippen MR) is 35.7 cm³/mol. The molecule has 0 amide bonds. The van der Waals surface area contributed by atoms with Crippen molar-refractivity contribution < 1.29 is 26.3 Å². The zero-order valence-electron chi connectivity index (χ0n) is 6.97. The zero-order valence-corrected chi connectivity index (χ0v) is 6.97. The Kier molecular flexibility index (Phi) is 4.06. The Balaban J connectivity index is 4.53. The molecule has 0 aromatic carbocycles. The molecular weight excluding hydrogens is 198 g/mol. The first-order valence-corrected chi connectivity index (χ1v) is 3.75. The number of rotatable bonds is 5. The van der Waals surface area contributed by atoms with Gasteiger partial charge in [0.25, 0.3) is 0 Å². The topological polar surface area (TPSA) is 0 Å². The van der Waals surface area contributed by atoms with Crippen molar-refractivity contribution in [2.75, 3.05) is 6.67 Å². The van der Waals surface area contributed by atoms with Gasteiger partial charge in [-0.15, -0.1) is 0 Å². The highest BCUT2D eigenvalue weighted by Crippen LogP contribution is 2.41. The lowest BCUT2D eigenvalue weighted by atomic mass is 10.0. The van der Waals surface area contributed by atoms with Crippen molar-refractivity contribution in [3.8, 4) is 0 Å². The van der Waals surface area contributed by atoms with Gasteiger partial charge in [-0.1, -0.05) is 6.92 Å². The van der Waals surface area contributed by atoms with Crippen LogP contribution in [0.1, 0.15) is 19.8 Å². The van der Waals surface area contributed by atoms with Crippen LogP contribution in [0.25, 0.3) is 0 Å². The maximum absolute atomic E-state index is 12.5. The molecule has 0 aliphatic heterocycles. The van der Waals surface area contributed by atoms with Crippen molar-refractivity contribution in [1.29, 1.82) is 0 Å². The van der Waals surface area contributed by atoms with E-state index in [0.29, 0.717) is 0 Å². The third-order valence-electron chi connectivity index (χ3n) is 1.69. The van der Waals surface area contributed by atoms with Crippen molar-refractivity contribution in [3.63, 3.8) is 0 Å². The van der Waals surface area contributed by atoms with Crippen LogP contribution in [0.5, 0.6) is 0 Å². The first-order valence-electron chi connectivity index (χ1n) is 3.75. The molecule has 0 aromatic heterocycles. The lowest BCUT2D eigenvalue weighted by molar-refractivity contribution is -0.240. The van der Waals surface area contributed by atoms with Crippen LogP contribution in [-0.4, -0.2) is 24.7 Å². The van der Waals surface area contributed by atoms with E-state index in [-0.39, 0.29) is 0 Å². The van der Waals surface area contributed by atoms with Crippen LogP contribution in [0.3, 0.4) is 0 Å². The molecule has 0 bridgehead atoms. The van der Waals surface area contributed by atoms with Crippen LogP contribution < -0.4 is 0 Å². The van der Waals surface area contributed by atoms with E-state index in [2.05, 4.69) is 0 Å². The minimum absolute atomic E-state index is 0.816. The molecule has 0 saturated carbocycles. The van der Waals surface area contributed by atoms with Gasteiger partial charge in [0.1, 0.15) is 0 Å². The van der Waals surface area contributed by atoms with Crippen molar-refractivity contribution >= 4 is 0 Å². The average molecular weight is 208 g/mol. The molecule has 0 nitrogen and oxygen atoms in total. The Labute approximate surface area is 71.9 Å². The molecular formula is C7H10F6. The summed E-state index contributed by atoms with van der Waals surface area (Å²) in [4.78, 5) is 0. The average Bonchev–Trinajstić information content (AvgIpc) is 2.04. The number of hydrogen-bond donors (Lipinski definition) is 0. The Hall–Kier alpha value is -0.420. The van der Waals surface area contributed by atoms with Crippen LogP contribution in [-0.2, 0) is 0 Å². The summed E-state index contributed by atoms with van der Waals surface area (Å²) in [5.41, 5.74) is 0. The van der Waals surface area contributed by atoms with Gasteiger partial charge in [0.2, 0.25) is 0 Å². The van der Waals surface area contributed by atoms with Crippen LogP contribution >= 0.6 is 0 Å². The van der Waals surface area contributed by atoms with Gasteiger partial charge in [0, 0.05) is 12.8 Å². The molecule has 0 rings (SSSR count). The molecule has 13 heavy (non-hydrogen) atoms. The third-order valence-corrected chi connectivity index (χ3v) is 1.69. The quantitative estimate of drug-likeness (QED) is 0.607. The van der Waals surface area contributed by atoms with E-state index in [1.54, 1.807) is 0 Å². The third kappa shape index (κ3) is 2.51. The molecule has 6 heteroatoms. The molecule has 80 valence electrons. The van der Waals surface area contributed by atoms with E-state index in [9.17, 15) is 26.3 Å². The van der Waals surface area contributed by atoms with Gasteiger partial charge >= 0.3 is 11.8 Å². The summed E-state index contributed by atoms with van der Waals surface area (Å²) in [5, 5.41) is 0. The van der Waals surface area contributed by atoms with Crippen molar-refractivity contribution in [1.82, 2.24) is 0 Å². The highest BCUT2D eigenvalue weighted by molar-refractivity contribution is 4.89. The minimum atomic E-state index is -4.78. The predicted octanol–water partition coefficient (Wildman–Crippen LogP) is 3.36. The van der Waals surface area contributed by atoms with E-state index in [1.807, 2.05) is 0 Å². The number of alkyl halides is 6. The Morgan fingerprint density at radius 3 is 1.92 bits per heavy atom. The van der Waals surface area contributed by atoms with E-state index < -0.39 is 37.5 Å². The molecule has 0 N–H and O–H groups in total. The van der Waals surface area contributed by atoms with Gasteiger partial charge < -0.3 is 0 Å². The lowest BCUT2D eigenvalue weighted by Gasteiger charge is -2.27. The second-order valence-electron chi connectivity index (χ2n) is 2.63. The Morgan fingerprint density at radius 1 is 1.15 bits per heavy atom. The van der Waals surface area contributed by atoms with E-state index in [4.69, 9.17) is 0 Å². The van der Waals surface area contributed by atoms with Gasteiger partial charge in [0.05, 0.1) is 6.67 Å². The summed E-state index contributed by atoms with van der Waals surface area (Å²) in [5.74, 6) is -9.20. The second kappa shape index (κ2) is 4.19. The van der Waals surface area contributed by atoms with Gasteiger partial charge in [-0.2, -0.15) is 17.6 Å². The van der Waals surface area contributed by atoms with E-state index >= 15 is 0 Å².